The van der Waals surface area contributed by atoms with E-state index in [0.717, 1.165) is 6.42 Å². The van der Waals surface area contributed by atoms with E-state index in [2.05, 4.69) is 54.2 Å². The minimum Gasteiger partial charge on any atom is -0.309 e. The van der Waals surface area contributed by atoms with E-state index in [9.17, 15) is 0 Å². The normalized spacial score (nSPS) is 12.6. The molecule has 1 aromatic carbocycles. The number of benzene rings is 1. The lowest BCUT2D eigenvalue weighted by Crippen LogP contribution is -2.17. The summed E-state index contributed by atoms with van der Waals surface area (Å²) >= 11 is 1.77. The van der Waals surface area contributed by atoms with Gasteiger partial charge in [0.05, 0.1) is 6.04 Å². The molecule has 1 N–H and O–H groups in total. The van der Waals surface area contributed by atoms with E-state index in [-0.39, 0.29) is 0 Å². The monoisotopic (exact) mass is 245 g/mol. The van der Waals surface area contributed by atoms with Crippen molar-refractivity contribution in [2.24, 2.45) is 0 Å². The van der Waals surface area contributed by atoms with Gasteiger partial charge < -0.3 is 5.32 Å². The third-order valence-electron chi connectivity index (χ3n) is 3.19. The van der Waals surface area contributed by atoms with Crippen LogP contribution in [0, 0.1) is 6.92 Å². The van der Waals surface area contributed by atoms with Crippen molar-refractivity contribution in [3.05, 3.63) is 57.3 Å². The Morgan fingerprint density at radius 3 is 2.71 bits per heavy atom. The molecule has 0 amide bonds. The van der Waals surface area contributed by atoms with Crippen LogP contribution in [0.15, 0.2) is 35.0 Å². The average Bonchev–Trinajstić information content (AvgIpc) is 2.77. The van der Waals surface area contributed by atoms with Crippen LogP contribution in [-0.2, 0) is 6.42 Å². The molecule has 1 unspecified atom stereocenters. The second-order valence-electron chi connectivity index (χ2n) is 4.33. The van der Waals surface area contributed by atoms with Crippen LogP contribution in [0.25, 0.3) is 0 Å². The van der Waals surface area contributed by atoms with Crippen molar-refractivity contribution in [2.45, 2.75) is 26.3 Å². The molecule has 1 aromatic heterocycles. The first-order chi connectivity index (χ1) is 8.26. The van der Waals surface area contributed by atoms with Gasteiger partial charge in [0.2, 0.25) is 0 Å². The molecule has 0 fully saturated rings. The van der Waals surface area contributed by atoms with Gasteiger partial charge in [-0.1, -0.05) is 31.2 Å². The highest BCUT2D eigenvalue weighted by atomic mass is 32.1. The average molecular weight is 245 g/mol. The van der Waals surface area contributed by atoms with Crippen LogP contribution in [0.2, 0.25) is 0 Å². The predicted molar refractivity (Wildman–Crippen MR) is 75.8 cm³/mol. The smallest absolute Gasteiger partial charge is 0.0585 e. The Morgan fingerprint density at radius 2 is 2.12 bits per heavy atom. The highest BCUT2D eigenvalue weighted by Crippen LogP contribution is 2.27. The quantitative estimate of drug-likeness (QED) is 0.860. The highest BCUT2D eigenvalue weighted by molar-refractivity contribution is 7.08. The first-order valence-electron chi connectivity index (χ1n) is 6.05. The number of thiophene rings is 1. The van der Waals surface area contributed by atoms with Gasteiger partial charge in [0, 0.05) is 0 Å². The van der Waals surface area contributed by atoms with E-state index in [0.29, 0.717) is 6.04 Å². The van der Waals surface area contributed by atoms with Crippen molar-refractivity contribution < 1.29 is 0 Å². The number of hydrogen-bond donors (Lipinski definition) is 1. The fraction of sp³-hybridized carbons (Fsp3) is 0.333. The van der Waals surface area contributed by atoms with Gasteiger partial charge in [-0.2, -0.15) is 11.3 Å². The molecule has 0 aliphatic carbocycles. The number of nitrogens with one attached hydrogen (secondary N) is 1. The Balaban J connectivity index is 2.38. The standard InChI is InChI=1S/C15H19NS/c1-4-12-6-5-7-13(8-12)15(16-3)14-10-17-9-11(14)2/h5-10,15-16H,4H2,1-3H3. The van der Waals surface area contributed by atoms with Crippen molar-refractivity contribution >= 4 is 11.3 Å². The maximum atomic E-state index is 3.42. The van der Waals surface area contributed by atoms with Gasteiger partial charge in [0.15, 0.2) is 0 Å². The van der Waals surface area contributed by atoms with E-state index in [1.165, 1.54) is 22.3 Å². The minimum absolute atomic E-state index is 0.313. The van der Waals surface area contributed by atoms with Crippen molar-refractivity contribution in [3.8, 4) is 0 Å². The van der Waals surface area contributed by atoms with Crippen molar-refractivity contribution in [1.82, 2.24) is 5.32 Å². The van der Waals surface area contributed by atoms with Gasteiger partial charge in [0.25, 0.3) is 0 Å². The van der Waals surface area contributed by atoms with E-state index < -0.39 is 0 Å². The zero-order valence-corrected chi connectivity index (χ0v) is 11.5. The predicted octanol–water partition coefficient (Wildman–Crippen LogP) is 3.93. The zero-order chi connectivity index (χ0) is 12.3. The van der Waals surface area contributed by atoms with E-state index in [1.54, 1.807) is 11.3 Å². The molecule has 1 nitrogen and oxygen atoms in total. The summed E-state index contributed by atoms with van der Waals surface area (Å²) in [6, 6.07) is 9.17. The van der Waals surface area contributed by atoms with Gasteiger partial charge in [-0.15, -0.1) is 0 Å². The topological polar surface area (TPSA) is 12.0 Å². The summed E-state index contributed by atoms with van der Waals surface area (Å²) < 4.78 is 0. The summed E-state index contributed by atoms with van der Waals surface area (Å²) in [6.07, 6.45) is 1.09. The van der Waals surface area contributed by atoms with Gasteiger partial charge in [0.1, 0.15) is 0 Å². The molecule has 0 aliphatic rings. The molecule has 1 heterocycles. The first-order valence-corrected chi connectivity index (χ1v) is 6.99. The maximum absolute atomic E-state index is 3.42. The molecular weight excluding hydrogens is 226 g/mol. The number of aryl methyl sites for hydroxylation is 2. The Labute approximate surface area is 108 Å². The molecule has 2 heteroatoms. The molecular formula is C15H19NS. The molecule has 0 aliphatic heterocycles. The molecule has 90 valence electrons. The van der Waals surface area contributed by atoms with Gasteiger partial charge in [-0.3, -0.25) is 0 Å². The molecule has 1 atom stereocenters. The fourth-order valence-corrected chi connectivity index (χ4v) is 3.04. The van der Waals surface area contributed by atoms with Crippen LogP contribution in [0.5, 0.6) is 0 Å². The maximum Gasteiger partial charge on any atom is 0.0585 e. The summed E-state index contributed by atoms with van der Waals surface area (Å²) in [4.78, 5) is 0. The molecule has 2 aromatic rings. The molecule has 0 bridgehead atoms. The Morgan fingerprint density at radius 1 is 1.29 bits per heavy atom. The van der Waals surface area contributed by atoms with Crippen LogP contribution in [-0.4, -0.2) is 7.05 Å². The summed E-state index contributed by atoms with van der Waals surface area (Å²) in [7, 11) is 2.03. The summed E-state index contributed by atoms with van der Waals surface area (Å²) in [5.41, 5.74) is 5.52. The van der Waals surface area contributed by atoms with Crippen LogP contribution in [0.4, 0.5) is 0 Å². The second kappa shape index (κ2) is 5.48. The third-order valence-corrected chi connectivity index (χ3v) is 4.07. The highest BCUT2D eigenvalue weighted by Gasteiger charge is 2.14. The van der Waals surface area contributed by atoms with Crippen LogP contribution >= 0.6 is 11.3 Å². The molecule has 17 heavy (non-hydrogen) atoms. The molecule has 0 radical (unpaired) electrons. The summed E-state index contributed by atoms with van der Waals surface area (Å²) in [5, 5.41) is 7.88. The van der Waals surface area contributed by atoms with Gasteiger partial charge in [-0.25, -0.2) is 0 Å². The van der Waals surface area contributed by atoms with Crippen LogP contribution < -0.4 is 5.32 Å². The largest absolute Gasteiger partial charge is 0.309 e. The summed E-state index contributed by atoms with van der Waals surface area (Å²) in [6.45, 7) is 4.38. The van der Waals surface area contributed by atoms with E-state index in [4.69, 9.17) is 0 Å². The van der Waals surface area contributed by atoms with Crippen LogP contribution in [0.1, 0.15) is 35.2 Å². The lowest BCUT2D eigenvalue weighted by Gasteiger charge is -2.17. The Kier molecular flexibility index (Phi) is 3.97. The third kappa shape index (κ3) is 2.59. The minimum atomic E-state index is 0.313. The van der Waals surface area contributed by atoms with E-state index in [1.807, 2.05) is 7.05 Å². The van der Waals surface area contributed by atoms with E-state index >= 15 is 0 Å². The Hall–Kier alpha value is -1.12. The van der Waals surface area contributed by atoms with Crippen molar-refractivity contribution in [1.29, 1.82) is 0 Å². The van der Waals surface area contributed by atoms with Crippen molar-refractivity contribution in [2.75, 3.05) is 7.05 Å². The SMILES string of the molecule is CCc1cccc(C(NC)c2cscc2C)c1. The second-order valence-corrected chi connectivity index (χ2v) is 5.07. The fourth-order valence-electron chi connectivity index (χ4n) is 2.16. The molecule has 0 saturated heterocycles. The molecule has 0 spiro atoms. The van der Waals surface area contributed by atoms with Crippen LogP contribution in [0.3, 0.4) is 0 Å². The Bertz CT molecular complexity index is 487. The number of rotatable bonds is 4. The lowest BCUT2D eigenvalue weighted by molar-refractivity contribution is 0.689. The van der Waals surface area contributed by atoms with Gasteiger partial charge >= 0.3 is 0 Å². The van der Waals surface area contributed by atoms with Crippen molar-refractivity contribution in [3.63, 3.8) is 0 Å². The van der Waals surface area contributed by atoms with Gasteiger partial charge in [-0.05, 0) is 53.4 Å². The first kappa shape index (κ1) is 12.3. The molecule has 2 rings (SSSR count). The lowest BCUT2D eigenvalue weighted by atomic mass is 9.96. The number of hydrogen-bond acceptors (Lipinski definition) is 2. The summed E-state index contributed by atoms with van der Waals surface area (Å²) in [5.74, 6) is 0. The molecule has 0 saturated carbocycles. The zero-order valence-electron chi connectivity index (χ0n) is 10.7.